The van der Waals surface area contributed by atoms with Gasteiger partial charge in [0.05, 0.1) is 17.9 Å². The Kier molecular flexibility index (Phi) is 3.66. The Morgan fingerprint density at radius 1 is 1.25 bits per heavy atom. The molecule has 0 aliphatic carbocycles. The van der Waals surface area contributed by atoms with Crippen molar-refractivity contribution in [3.63, 3.8) is 0 Å². The molecule has 4 rings (SSSR count). The van der Waals surface area contributed by atoms with E-state index in [2.05, 4.69) is 24.8 Å². The Labute approximate surface area is 146 Å². The summed E-state index contributed by atoms with van der Waals surface area (Å²) in [4.78, 5) is 8.76. The molecule has 0 unspecified atom stereocenters. The SMILES string of the molecule is CC1(C)Cc2c(c(N3CCCCC3)nc3sc(C#N)c(N)c23)CO1. The summed E-state index contributed by atoms with van der Waals surface area (Å²) in [7, 11) is 0. The van der Waals surface area contributed by atoms with Gasteiger partial charge in [0, 0.05) is 30.5 Å². The van der Waals surface area contributed by atoms with Gasteiger partial charge in [-0.3, -0.25) is 0 Å². The minimum absolute atomic E-state index is 0.221. The molecule has 0 spiro atoms. The average Bonchev–Trinajstić information content (AvgIpc) is 2.90. The van der Waals surface area contributed by atoms with Gasteiger partial charge in [0.2, 0.25) is 0 Å². The van der Waals surface area contributed by atoms with Gasteiger partial charge in [-0.1, -0.05) is 0 Å². The first-order valence-corrected chi connectivity index (χ1v) is 9.34. The second-order valence-electron chi connectivity index (χ2n) is 7.30. The lowest BCUT2D eigenvalue weighted by atomic mass is 9.89. The zero-order valence-corrected chi connectivity index (χ0v) is 15.0. The molecular formula is C18H22N4OS. The standard InChI is InChI=1S/C18H22N4OS/c1-18(2)8-11-12(10-23-18)16(22-6-4-3-5-7-22)21-17-14(11)15(20)13(9-19)24-17/h3-8,10,20H2,1-2H3. The van der Waals surface area contributed by atoms with Gasteiger partial charge in [0.25, 0.3) is 0 Å². The first-order chi connectivity index (χ1) is 11.5. The third-order valence-electron chi connectivity index (χ3n) is 5.04. The van der Waals surface area contributed by atoms with Crippen LogP contribution in [0.4, 0.5) is 11.5 Å². The van der Waals surface area contributed by atoms with Crippen molar-refractivity contribution in [2.24, 2.45) is 0 Å². The molecule has 0 amide bonds. The highest BCUT2D eigenvalue weighted by molar-refractivity contribution is 7.19. The lowest BCUT2D eigenvalue weighted by Crippen LogP contribution is -2.36. The molecule has 126 valence electrons. The second kappa shape index (κ2) is 5.61. The summed E-state index contributed by atoms with van der Waals surface area (Å²) in [5.41, 5.74) is 9.04. The number of ether oxygens (including phenoxy) is 1. The van der Waals surface area contributed by atoms with Crippen LogP contribution in [0.2, 0.25) is 0 Å². The Balaban J connectivity index is 1.96. The molecule has 6 heteroatoms. The smallest absolute Gasteiger partial charge is 0.136 e. The molecular weight excluding hydrogens is 320 g/mol. The minimum Gasteiger partial charge on any atom is -0.396 e. The van der Waals surface area contributed by atoms with E-state index in [-0.39, 0.29) is 5.60 Å². The van der Waals surface area contributed by atoms with Crippen molar-refractivity contribution in [2.75, 3.05) is 23.7 Å². The third-order valence-corrected chi connectivity index (χ3v) is 6.04. The quantitative estimate of drug-likeness (QED) is 0.857. The average molecular weight is 342 g/mol. The van der Waals surface area contributed by atoms with Crippen LogP contribution in [-0.4, -0.2) is 23.7 Å². The van der Waals surface area contributed by atoms with Crippen molar-refractivity contribution in [1.29, 1.82) is 5.26 Å². The predicted molar refractivity (Wildman–Crippen MR) is 97.4 cm³/mol. The van der Waals surface area contributed by atoms with E-state index in [1.807, 2.05) is 0 Å². The van der Waals surface area contributed by atoms with Crippen molar-refractivity contribution in [1.82, 2.24) is 4.98 Å². The van der Waals surface area contributed by atoms with E-state index in [0.717, 1.165) is 41.1 Å². The van der Waals surface area contributed by atoms with Gasteiger partial charge in [-0.2, -0.15) is 5.26 Å². The van der Waals surface area contributed by atoms with Crippen LogP contribution in [0, 0.1) is 11.3 Å². The van der Waals surface area contributed by atoms with Crippen LogP contribution in [0.25, 0.3) is 10.2 Å². The van der Waals surface area contributed by atoms with Gasteiger partial charge in [0.15, 0.2) is 0 Å². The number of anilines is 2. The summed E-state index contributed by atoms with van der Waals surface area (Å²) < 4.78 is 6.08. The first kappa shape index (κ1) is 15.7. The summed E-state index contributed by atoms with van der Waals surface area (Å²) in [6.45, 7) is 6.86. The number of fused-ring (bicyclic) bond motifs is 3. The van der Waals surface area contributed by atoms with Crippen LogP contribution in [0.1, 0.15) is 49.1 Å². The maximum Gasteiger partial charge on any atom is 0.136 e. The van der Waals surface area contributed by atoms with Gasteiger partial charge in [-0.15, -0.1) is 11.3 Å². The van der Waals surface area contributed by atoms with E-state index < -0.39 is 0 Å². The van der Waals surface area contributed by atoms with Crippen molar-refractivity contribution in [3.05, 3.63) is 16.0 Å². The lowest BCUT2D eigenvalue weighted by Gasteiger charge is -2.36. The fourth-order valence-corrected chi connectivity index (χ4v) is 4.71. The van der Waals surface area contributed by atoms with Gasteiger partial charge in [0.1, 0.15) is 21.6 Å². The molecule has 2 aliphatic heterocycles. The second-order valence-corrected chi connectivity index (χ2v) is 8.30. The molecule has 2 aromatic rings. The molecule has 0 atom stereocenters. The van der Waals surface area contributed by atoms with Gasteiger partial charge >= 0.3 is 0 Å². The molecule has 2 N–H and O–H groups in total. The molecule has 2 aromatic heterocycles. The largest absolute Gasteiger partial charge is 0.396 e. The highest BCUT2D eigenvalue weighted by atomic mass is 32.1. The van der Waals surface area contributed by atoms with Crippen molar-refractivity contribution in [3.8, 4) is 6.07 Å². The highest BCUT2D eigenvalue weighted by Gasteiger charge is 2.33. The Hall–Kier alpha value is -1.84. The van der Waals surface area contributed by atoms with Crippen LogP contribution in [0.5, 0.6) is 0 Å². The number of aromatic nitrogens is 1. The molecule has 1 fully saturated rings. The van der Waals surface area contributed by atoms with Crippen LogP contribution in [-0.2, 0) is 17.8 Å². The Bertz CT molecular complexity index is 843. The van der Waals surface area contributed by atoms with Crippen LogP contribution >= 0.6 is 11.3 Å². The predicted octanol–water partition coefficient (Wildman–Crippen LogP) is 3.59. The van der Waals surface area contributed by atoms with Gasteiger partial charge < -0.3 is 15.4 Å². The van der Waals surface area contributed by atoms with E-state index in [1.165, 1.54) is 36.2 Å². The maximum absolute atomic E-state index is 9.36. The van der Waals surface area contributed by atoms with Gasteiger partial charge in [-0.25, -0.2) is 4.98 Å². The highest BCUT2D eigenvalue weighted by Crippen LogP contribution is 2.43. The number of thiophene rings is 1. The normalized spacial score (nSPS) is 20.0. The summed E-state index contributed by atoms with van der Waals surface area (Å²) in [5.74, 6) is 1.04. The lowest BCUT2D eigenvalue weighted by molar-refractivity contribution is -0.0395. The van der Waals surface area contributed by atoms with E-state index in [9.17, 15) is 5.26 Å². The van der Waals surface area contributed by atoms with E-state index >= 15 is 0 Å². The van der Waals surface area contributed by atoms with E-state index in [0.29, 0.717) is 17.2 Å². The number of nitriles is 1. The molecule has 0 saturated carbocycles. The molecule has 0 radical (unpaired) electrons. The van der Waals surface area contributed by atoms with Gasteiger partial charge in [-0.05, 0) is 38.7 Å². The first-order valence-electron chi connectivity index (χ1n) is 8.53. The fourth-order valence-electron chi connectivity index (χ4n) is 3.79. The van der Waals surface area contributed by atoms with Crippen molar-refractivity contribution in [2.45, 2.75) is 51.7 Å². The van der Waals surface area contributed by atoms with E-state index in [4.69, 9.17) is 15.5 Å². The zero-order valence-electron chi connectivity index (χ0n) is 14.2. The minimum atomic E-state index is -0.221. The summed E-state index contributed by atoms with van der Waals surface area (Å²) >= 11 is 1.41. The zero-order chi connectivity index (χ0) is 16.9. The number of hydrogen-bond acceptors (Lipinski definition) is 6. The fraction of sp³-hybridized carbons (Fsp3) is 0.556. The van der Waals surface area contributed by atoms with Crippen molar-refractivity contribution >= 4 is 33.1 Å². The van der Waals surface area contributed by atoms with Crippen molar-refractivity contribution < 1.29 is 4.74 Å². The Morgan fingerprint density at radius 2 is 2.00 bits per heavy atom. The molecule has 0 bridgehead atoms. The Morgan fingerprint density at radius 3 is 2.71 bits per heavy atom. The van der Waals surface area contributed by atoms with E-state index in [1.54, 1.807) is 0 Å². The summed E-state index contributed by atoms with van der Waals surface area (Å²) in [6.07, 6.45) is 4.50. The number of hydrogen-bond donors (Lipinski definition) is 1. The number of pyridine rings is 1. The molecule has 1 saturated heterocycles. The monoisotopic (exact) mass is 342 g/mol. The number of nitrogens with two attached hydrogens (primary N) is 1. The third kappa shape index (κ3) is 2.43. The molecule has 2 aliphatic rings. The molecule has 4 heterocycles. The van der Waals surface area contributed by atoms with Crippen LogP contribution in [0.15, 0.2) is 0 Å². The summed E-state index contributed by atoms with van der Waals surface area (Å²) in [6, 6.07) is 2.22. The van der Waals surface area contributed by atoms with Crippen LogP contribution < -0.4 is 10.6 Å². The maximum atomic E-state index is 9.36. The number of rotatable bonds is 1. The topological polar surface area (TPSA) is 75.2 Å². The molecule has 0 aromatic carbocycles. The molecule has 24 heavy (non-hydrogen) atoms. The van der Waals surface area contributed by atoms with Crippen LogP contribution in [0.3, 0.4) is 0 Å². The number of piperidine rings is 1. The number of nitrogens with zero attached hydrogens (tertiary/aromatic N) is 3. The summed E-state index contributed by atoms with van der Waals surface area (Å²) in [5, 5.41) is 10.3. The molecule has 5 nitrogen and oxygen atoms in total. The number of nitrogen functional groups attached to an aromatic ring is 1.